The van der Waals surface area contributed by atoms with Gasteiger partial charge in [0.15, 0.2) is 14.4 Å². The third-order valence-corrected chi connectivity index (χ3v) is 5.30. The van der Waals surface area contributed by atoms with Crippen molar-refractivity contribution in [1.29, 1.82) is 0 Å². The lowest BCUT2D eigenvalue weighted by atomic mass is 10.1. The van der Waals surface area contributed by atoms with E-state index >= 15 is 0 Å². The molecule has 0 N–H and O–H groups in total. The van der Waals surface area contributed by atoms with E-state index in [1.54, 1.807) is 0 Å². The van der Waals surface area contributed by atoms with Crippen LogP contribution >= 0.6 is 0 Å². The predicted molar refractivity (Wildman–Crippen MR) is 107 cm³/mol. The summed E-state index contributed by atoms with van der Waals surface area (Å²) in [5.74, 6) is 0.554. The minimum absolute atomic E-state index is 0.282. The number of carbonyl (C=O) groups is 1. The Morgan fingerprint density at radius 3 is 1.67 bits per heavy atom. The van der Waals surface area contributed by atoms with E-state index in [1.807, 2.05) is 43.9 Å². The van der Waals surface area contributed by atoms with Gasteiger partial charge in [-0.2, -0.15) is 0 Å². The zero-order valence-corrected chi connectivity index (χ0v) is 19.5. The molecular weight excluding hydrogens is 352 g/mol. The van der Waals surface area contributed by atoms with E-state index in [4.69, 9.17) is 13.3 Å². The molecule has 0 radical (unpaired) electrons. The molecule has 1 aromatic rings. The molecule has 0 amide bonds. The summed E-state index contributed by atoms with van der Waals surface area (Å²) in [5, 5.41) is 0. The maximum atomic E-state index is 12.6. The van der Waals surface area contributed by atoms with Gasteiger partial charge >= 0.3 is 5.97 Å². The van der Waals surface area contributed by atoms with Gasteiger partial charge in [-0.3, -0.25) is 4.79 Å². The number of hydrogen-bond acceptors (Lipinski definition) is 4. The second kappa shape index (κ2) is 7.55. The Bertz CT molecular complexity index is 551. The van der Waals surface area contributed by atoms with Crippen LogP contribution in [0.4, 0.5) is 0 Å². The fourth-order valence-electron chi connectivity index (χ4n) is 2.03. The van der Waals surface area contributed by atoms with Crippen LogP contribution in [-0.4, -0.2) is 30.9 Å². The van der Waals surface area contributed by atoms with Crippen LogP contribution in [0.2, 0.25) is 58.9 Å². The molecule has 0 fully saturated rings. The maximum Gasteiger partial charge on any atom is 0.325 e. The van der Waals surface area contributed by atoms with E-state index in [0.29, 0.717) is 0 Å². The summed E-state index contributed by atoms with van der Waals surface area (Å²) in [6.45, 7) is 18.7. The first-order chi connectivity index (χ1) is 10.7. The first kappa shape index (κ1) is 21.1. The molecule has 0 aliphatic rings. The standard InChI is InChI=1S/C17H32O4Si3/c1-22(2,3)19-15-12-10-14(11-13-15)16(20-23(4,5)6)17(18)21-24(7,8)9/h10-13,16H,1-9H3/t16-/m0/s1. The van der Waals surface area contributed by atoms with Crippen molar-refractivity contribution in [3.05, 3.63) is 29.8 Å². The summed E-state index contributed by atoms with van der Waals surface area (Å²) in [6.07, 6.45) is -0.663. The van der Waals surface area contributed by atoms with Crippen LogP contribution in [0.25, 0.3) is 0 Å². The first-order valence-electron chi connectivity index (χ1n) is 8.36. The van der Waals surface area contributed by atoms with Crippen LogP contribution in [0.15, 0.2) is 24.3 Å². The minimum atomic E-state index is -1.97. The Balaban J connectivity index is 3.04. The molecule has 4 nitrogen and oxygen atoms in total. The van der Waals surface area contributed by atoms with Crippen molar-refractivity contribution in [3.63, 3.8) is 0 Å². The molecule has 0 aliphatic carbocycles. The fourth-order valence-corrected chi connectivity index (χ4v) is 4.52. The minimum Gasteiger partial charge on any atom is -0.544 e. The number of rotatable bonds is 7. The summed E-state index contributed by atoms with van der Waals surface area (Å²) in [4.78, 5) is 12.6. The Hall–Kier alpha value is -0.899. The number of hydrogen-bond donors (Lipinski definition) is 0. The molecule has 0 aliphatic heterocycles. The van der Waals surface area contributed by atoms with Crippen LogP contribution in [0, 0.1) is 0 Å². The molecule has 1 rings (SSSR count). The van der Waals surface area contributed by atoms with Crippen molar-refractivity contribution in [2.75, 3.05) is 0 Å². The average molecular weight is 385 g/mol. The molecule has 1 atom stereocenters. The fraction of sp³-hybridized carbons (Fsp3) is 0.588. The Kier molecular flexibility index (Phi) is 6.65. The van der Waals surface area contributed by atoms with Gasteiger partial charge in [-0.1, -0.05) is 12.1 Å². The Labute approximate surface area is 149 Å². The highest BCUT2D eigenvalue weighted by molar-refractivity contribution is 6.71. The van der Waals surface area contributed by atoms with Gasteiger partial charge in [0, 0.05) is 0 Å². The summed E-state index contributed by atoms with van der Waals surface area (Å²) < 4.78 is 17.8. The molecule has 0 spiro atoms. The van der Waals surface area contributed by atoms with Gasteiger partial charge in [0.2, 0.25) is 16.6 Å². The largest absolute Gasteiger partial charge is 0.544 e. The quantitative estimate of drug-likeness (QED) is 0.608. The zero-order chi connectivity index (χ0) is 18.8. The lowest BCUT2D eigenvalue weighted by molar-refractivity contribution is -0.143. The molecule has 0 heterocycles. The van der Waals surface area contributed by atoms with E-state index in [-0.39, 0.29) is 5.97 Å². The van der Waals surface area contributed by atoms with Gasteiger partial charge < -0.3 is 13.3 Å². The molecule has 1 aromatic carbocycles. The van der Waals surface area contributed by atoms with Crippen LogP contribution in [0.5, 0.6) is 5.75 Å². The molecule has 7 heteroatoms. The third-order valence-electron chi connectivity index (χ3n) is 2.70. The lowest BCUT2D eigenvalue weighted by Crippen LogP contribution is -2.37. The van der Waals surface area contributed by atoms with Gasteiger partial charge in [-0.15, -0.1) is 0 Å². The second-order valence-corrected chi connectivity index (χ2v) is 22.2. The van der Waals surface area contributed by atoms with Crippen molar-refractivity contribution in [3.8, 4) is 5.75 Å². The van der Waals surface area contributed by atoms with E-state index in [2.05, 4.69) is 39.3 Å². The van der Waals surface area contributed by atoms with Crippen molar-refractivity contribution < 1.29 is 18.1 Å². The molecule has 0 saturated heterocycles. The Morgan fingerprint density at radius 2 is 1.29 bits per heavy atom. The van der Waals surface area contributed by atoms with Crippen LogP contribution in [-0.2, 0) is 13.6 Å². The van der Waals surface area contributed by atoms with E-state index < -0.39 is 31.1 Å². The normalized spacial score (nSPS) is 14.2. The van der Waals surface area contributed by atoms with E-state index in [0.717, 1.165) is 11.3 Å². The topological polar surface area (TPSA) is 44.8 Å². The van der Waals surface area contributed by atoms with Gasteiger partial charge in [0.25, 0.3) is 0 Å². The predicted octanol–water partition coefficient (Wildman–Crippen LogP) is 5.17. The van der Waals surface area contributed by atoms with Crippen molar-refractivity contribution in [2.45, 2.75) is 65.0 Å². The molecule has 136 valence electrons. The number of carbonyl (C=O) groups excluding carboxylic acids is 1. The van der Waals surface area contributed by atoms with Crippen LogP contribution < -0.4 is 4.43 Å². The lowest BCUT2D eigenvalue weighted by Gasteiger charge is -2.28. The zero-order valence-electron chi connectivity index (χ0n) is 16.5. The van der Waals surface area contributed by atoms with Gasteiger partial charge in [0.1, 0.15) is 5.75 Å². The molecule has 0 bridgehead atoms. The van der Waals surface area contributed by atoms with Crippen molar-refractivity contribution in [1.82, 2.24) is 0 Å². The molecule has 0 saturated carbocycles. The SMILES string of the molecule is C[Si](C)(C)OC(=O)[C@@H](O[Si](C)(C)C)c1ccc(O[Si](C)(C)C)cc1. The van der Waals surface area contributed by atoms with Gasteiger partial charge in [-0.05, 0) is 76.6 Å². The van der Waals surface area contributed by atoms with Crippen LogP contribution in [0.3, 0.4) is 0 Å². The molecule has 0 aromatic heterocycles. The summed E-state index contributed by atoms with van der Waals surface area (Å²) in [5.41, 5.74) is 0.823. The van der Waals surface area contributed by atoms with E-state index in [9.17, 15) is 4.79 Å². The molecule has 0 unspecified atom stereocenters. The first-order valence-corrected chi connectivity index (χ1v) is 18.6. The maximum absolute atomic E-state index is 12.6. The van der Waals surface area contributed by atoms with Crippen molar-refractivity contribution >= 4 is 30.9 Å². The summed E-state index contributed by atoms with van der Waals surface area (Å²) in [6, 6.07) is 7.64. The summed E-state index contributed by atoms with van der Waals surface area (Å²) in [7, 11) is -5.51. The highest BCUT2D eigenvalue weighted by atomic mass is 28.4. The average Bonchev–Trinajstić information content (AvgIpc) is 2.32. The smallest absolute Gasteiger partial charge is 0.325 e. The second-order valence-electron chi connectivity index (χ2n) is 8.93. The number of benzene rings is 1. The van der Waals surface area contributed by atoms with Crippen LogP contribution in [0.1, 0.15) is 11.7 Å². The molecular formula is C17H32O4Si3. The highest BCUT2D eigenvalue weighted by Crippen LogP contribution is 2.27. The van der Waals surface area contributed by atoms with Crippen molar-refractivity contribution in [2.24, 2.45) is 0 Å². The van der Waals surface area contributed by atoms with E-state index in [1.165, 1.54) is 0 Å². The molecule has 24 heavy (non-hydrogen) atoms. The summed E-state index contributed by atoms with van der Waals surface area (Å²) >= 11 is 0. The van der Waals surface area contributed by atoms with Gasteiger partial charge in [-0.25, -0.2) is 0 Å². The third kappa shape index (κ3) is 8.27. The Morgan fingerprint density at radius 1 is 0.792 bits per heavy atom. The monoisotopic (exact) mass is 384 g/mol. The van der Waals surface area contributed by atoms with Gasteiger partial charge in [0.05, 0.1) is 0 Å². The highest BCUT2D eigenvalue weighted by Gasteiger charge is 2.32.